The van der Waals surface area contributed by atoms with Crippen LogP contribution in [0.1, 0.15) is 18.0 Å². The highest BCUT2D eigenvalue weighted by molar-refractivity contribution is 5.80. The quantitative estimate of drug-likeness (QED) is 0.555. The lowest BCUT2D eigenvalue weighted by atomic mass is 10.2. The number of fused-ring (bicyclic) bond motifs is 2. The molecule has 5 rings (SSSR count). The van der Waals surface area contributed by atoms with Crippen molar-refractivity contribution in [3.8, 4) is 17.5 Å². The fraction of sp³-hybridized carbons (Fsp3) is 0.235. The van der Waals surface area contributed by atoms with Gasteiger partial charge in [0.25, 0.3) is 0 Å². The van der Waals surface area contributed by atoms with Crippen molar-refractivity contribution in [1.29, 1.82) is 5.26 Å². The Hall–Kier alpha value is -3.51. The summed E-state index contributed by atoms with van der Waals surface area (Å²) in [6.07, 6.45) is 5.90. The van der Waals surface area contributed by atoms with Gasteiger partial charge in [-0.3, -0.25) is 4.57 Å². The molecule has 26 heavy (non-hydrogen) atoms. The normalized spacial score (nSPS) is 17.1. The van der Waals surface area contributed by atoms with E-state index in [1.165, 1.54) is 0 Å². The van der Waals surface area contributed by atoms with Crippen molar-refractivity contribution >= 4 is 16.7 Å². The summed E-state index contributed by atoms with van der Waals surface area (Å²) >= 11 is 0. The Balaban J connectivity index is 1.72. The van der Waals surface area contributed by atoms with Crippen molar-refractivity contribution in [3.05, 3.63) is 46.8 Å². The molecule has 0 bridgehead atoms. The van der Waals surface area contributed by atoms with Crippen LogP contribution in [-0.4, -0.2) is 42.2 Å². The van der Waals surface area contributed by atoms with Crippen LogP contribution in [0.15, 0.2) is 35.5 Å². The van der Waals surface area contributed by atoms with Crippen LogP contribution in [0.4, 0.5) is 0 Å². The number of H-pyrrole nitrogens is 1. The van der Waals surface area contributed by atoms with E-state index >= 15 is 0 Å². The molecule has 1 fully saturated rings. The highest BCUT2D eigenvalue weighted by Crippen LogP contribution is 2.24. The molecule has 0 amide bonds. The highest BCUT2D eigenvalue weighted by Gasteiger charge is 2.22. The Kier molecular flexibility index (Phi) is 3.13. The third-order valence-electron chi connectivity index (χ3n) is 4.75. The second-order valence-electron chi connectivity index (χ2n) is 6.29. The molecule has 4 aromatic heterocycles. The average Bonchev–Trinajstić information content (AvgIpc) is 3.37. The summed E-state index contributed by atoms with van der Waals surface area (Å²) < 4.78 is 3.38. The van der Waals surface area contributed by atoms with E-state index in [2.05, 4.69) is 31.4 Å². The van der Waals surface area contributed by atoms with Crippen LogP contribution in [0.2, 0.25) is 0 Å². The Morgan fingerprint density at radius 3 is 3.08 bits per heavy atom. The SMILES string of the molecule is N#Cc1ccn2ncc(-c3ncc4[nH]c(=O)n(C5CCNC5)c4n3)c2c1. The number of hydrogen-bond donors (Lipinski definition) is 2. The smallest absolute Gasteiger partial charge is 0.315 e. The average molecular weight is 346 g/mol. The first-order chi connectivity index (χ1) is 12.7. The molecule has 1 aliphatic heterocycles. The molecule has 5 heterocycles. The molecule has 0 aliphatic carbocycles. The van der Waals surface area contributed by atoms with E-state index in [9.17, 15) is 4.79 Å². The zero-order valence-electron chi connectivity index (χ0n) is 13.7. The van der Waals surface area contributed by atoms with Gasteiger partial charge in [-0.2, -0.15) is 10.4 Å². The van der Waals surface area contributed by atoms with Gasteiger partial charge in [0.05, 0.1) is 41.1 Å². The molecule has 1 atom stereocenters. The maximum Gasteiger partial charge on any atom is 0.328 e. The molecular weight excluding hydrogens is 332 g/mol. The fourth-order valence-electron chi connectivity index (χ4n) is 3.47. The zero-order chi connectivity index (χ0) is 17.7. The van der Waals surface area contributed by atoms with E-state index in [1.54, 1.807) is 39.8 Å². The lowest BCUT2D eigenvalue weighted by Crippen LogP contribution is -2.24. The van der Waals surface area contributed by atoms with Crippen LogP contribution in [0.25, 0.3) is 28.1 Å². The lowest BCUT2D eigenvalue weighted by molar-refractivity contribution is 0.542. The minimum Gasteiger partial charge on any atom is -0.315 e. The van der Waals surface area contributed by atoms with Gasteiger partial charge < -0.3 is 10.3 Å². The number of nitrogens with one attached hydrogen (secondary N) is 2. The van der Waals surface area contributed by atoms with Gasteiger partial charge in [0.1, 0.15) is 5.52 Å². The molecule has 0 spiro atoms. The first-order valence-corrected chi connectivity index (χ1v) is 8.30. The van der Waals surface area contributed by atoms with Gasteiger partial charge in [0.15, 0.2) is 11.5 Å². The lowest BCUT2D eigenvalue weighted by Gasteiger charge is -2.09. The van der Waals surface area contributed by atoms with Crippen LogP contribution < -0.4 is 11.0 Å². The van der Waals surface area contributed by atoms with E-state index in [0.29, 0.717) is 28.1 Å². The Bertz CT molecular complexity index is 1240. The fourth-order valence-corrected chi connectivity index (χ4v) is 3.47. The Morgan fingerprint density at radius 2 is 2.27 bits per heavy atom. The summed E-state index contributed by atoms with van der Waals surface area (Å²) in [6, 6.07) is 5.65. The van der Waals surface area contributed by atoms with Crippen LogP contribution in [0, 0.1) is 11.3 Å². The van der Waals surface area contributed by atoms with E-state index in [1.807, 2.05) is 0 Å². The maximum absolute atomic E-state index is 12.4. The number of hydrogen-bond acceptors (Lipinski definition) is 6. The summed E-state index contributed by atoms with van der Waals surface area (Å²) in [5, 5.41) is 16.7. The molecule has 0 aromatic carbocycles. The number of imidazole rings is 1. The van der Waals surface area contributed by atoms with Gasteiger partial charge in [0.2, 0.25) is 0 Å². The van der Waals surface area contributed by atoms with Crippen molar-refractivity contribution in [2.24, 2.45) is 0 Å². The zero-order valence-corrected chi connectivity index (χ0v) is 13.7. The van der Waals surface area contributed by atoms with E-state index in [-0.39, 0.29) is 11.7 Å². The third-order valence-corrected chi connectivity index (χ3v) is 4.75. The van der Waals surface area contributed by atoms with Gasteiger partial charge in [-0.25, -0.2) is 19.3 Å². The molecule has 128 valence electrons. The van der Waals surface area contributed by atoms with Crippen LogP contribution in [0.3, 0.4) is 0 Å². The molecule has 0 radical (unpaired) electrons. The monoisotopic (exact) mass is 346 g/mol. The topological polar surface area (TPSA) is 117 Å². The predicted octanol–water partition coefficient (Wildman–Crippen LogP) is 0.840. The largest absolute Gasteiger partial charge is 0.328 e. The molecule has 0 saturated carbocycles. The number of aromatic nitrogens is 6. The molecule has 1 aliphatic rings. The minimum absolute atomic E-state index is 0.0769. The molecule has 2 N–H and O–H groups in total. The van der Waals surface area contributed by atoms with E-state index < -0.39 is 0 Å². The van der Waals surface area contributed by atoms with Crippen molar-refractivity contribution in [3.63, 3.8) is 0 Å². The number of pyridine rings is 1. The predicted molar refractivity (Wildman–Crippen MR) is 93.6 cm³/mol. The van der Waals surface area contributed by atoms with Gasteiger partial charge in [-0.05, 0) is 25.1 Å². The molecular formula is C17H14N8O. The molecule has 4 aromatic rings. The molecule has 1 unspecified atom stereocenters. The second kappa shape index (κ2) is 5.50. The first kappa shape index (κ1) is 14.8. The van der Waals surface area contributed by atoms with Gasteiger partial charge >= 0.3 is 5.69 Å². The van der Waals surface area contributed by atoms with Crippen LogP contribution >= 0.6 is 0 Å². The number of rotatable bonds is 2. The van der Waals surface area contributed by atoms with Crippen LogP contribution in [0.5, 0.6) is 0 Å². The highest BCUT2D eigenvalue weighted by atomic mass is 16.1. The Morgan fingerprint density at radius 1 is 1.35 bits per heavy atom. The summed E-state index contributed by atoms with van der Waals surface area (Å²) in [4.78, 5) is 24.2. The summed E-state index contributed by atoms with van der Waals surface area (Å²) in [5.41, 5.74) is 3.02. The minimum atomic E-state index is -0.174. The van der Waals surface area contributed by atoms with Gasteiger partial charge in [-0.1, -0.05) is 0 Å². The van der Waals surface area contributed by atoms with Crippen molar-refractivity contribution in [2.75, 3.05) is 13.1 Å². The standard InChI is InChI=1S/C17H14N8O/c18-6-10-2-4-24-14(5-10)12(8-21-24)15-20-9-13-16(23-15)25(17(26)22-13)11-1-3-19-7-11/h2,4-5,8-9,11,19H,1,3,7H2,(H,22,26). The summed E-state index contributed by atoms with van der Waals surface area (Å²) in [6.45, 7) is 1.63. The third kappa shape index (κ3) is 2.13. The van der Waals surface area contributed by atoms with E-state index in [4.69, 9.17) is 5.26 Å². The molecule has 9 heteroatoms. The first-order valence-electron chi connectivity index (χ1n) is 8.30. The molecule has 9 nitrogen and oxygen atoms in total. The number of nitriles is 1. The summed E-state index contributed by atoms with van der Waals surface area (Å²) in [5.74, 6) is 0.473. The van der Waals surface area contributed by atoms with Gasteiger partial charge in [-0.15, -0.1) is 0 Å². The van der Waals surface area contributed by atoms with Crippen molar-refractivity contribution < 1.29 is 0 Å². The number of aromatic amines is 1. The maximum atomic E-state index is 12.4. The van der Waals surface area contributed by atoms with Crippen LogP contribution in [-0.2, 0) is 0 Å². The van der Waals surface area contributed by atoms with Crippen molar-refractivity contribution in [2.45, 2.75) is 12.5 Å². The number of nitrogens with zero attached hydrogens (tertiary/aromatic N) is 6. The van der Waals surface area contributed by atoms with E-state index in [0.717, 1.165) is 25.0 Å². The Labute approximate surface area is 146 Å². The second-order valence-corrected chi connectivity index (χ2v) is 6.29. The molecule has 1 saturated heterocycles. The van der Waals surface area contributed by atoms with Gasteiger partial charge in [0, 0.05) is 12.7 Å². The summed E-state index contributed by atoms with van der Waals surface area (Å²) in [7, 11) is 0. The van der Waals surface area contributed by atoms with Crippen molar-refractivity contribution in [1.82, 2.24) is 34.4 Å².